The van der Waals surface area contributed by atoms with E-state index in [1.54, 1.807) is 0 Å². The molecular weight excluding hydrogens is 156 g/mol. The molecule has 0 aliphatic heterocycles. The van der Waals surface area contributed by atoms with Crippen LogP contribution in [0.2, 0.25) is 0 Å². The molecule has 0 spiro atoms. The predicted octanol–water partition coefficient (Wildman–Crippen LogP) is 1.16. The summed E-state index contributed by atoms with van der Waals surface area (Å²) in [5.74, 6) is 0.0901. The van der Waals surface area contributed by atoms with Crippen LogP contribution in [0.15, 0.2) is 5.38 Å². The number of aromatic hydroxyl groups is 1. The van der Waals surface area contributed by atoms with Gasteiger partial charge < -0.3 is 10.8 Å². The van der Waals surface area contributed by atoms with Crippen LogP contribution in [0.25, 0.3) is 0 Å². The van der Waals surface area contributed by atoms with Crippen LogP contribution in [0.4, 0.5) is 5.82 Å². The lowest BCUT2D eigenvalue weighted by Gasteiger charge is -1.91. The van der Waals surface area contributed by atoms with Gasteiger partial charge in [0, 0.05) is 5.38 Å². The summed E-state index contributed by atoms with van der Waals surface area (Å²) >= 11 is 5.86. The first-order valence-corrected chi connectivity index (χ1v) is 3.43. The van der Waals surface area contributed by atoms with E-state index in [1.807, 2.05) is 0 Å². The number of hydrogen-bond donors (Lipinski definition) is 2. The van der Waals surface area contributed by atoms with Crippen LogP contribution in [0.5, 0.6) is 5.75 Å². The zero-order valence-corrected chi connectivity index (χ0v) is 6.00. The maximum atomic E-state index is 8.82. The number of anilines is 1. The van der Waals surface area contributed by atoms with Crippen molar-refractivity contribution in [1.29, 1.82) is 0 Å². The molecule has 0 radical (unpaired) electrons. The number of nitrogen functional groups attached to an aromatic ring is 1. The second kappa shape index (κ2) is 2.28. The molecule has 48 valence electrons. The average molecular weight is 160 g/mol. The van der Waals surface area contributed by atoms with Gasteiger partial charge in [0.05, 0.1) is 0 Å². The molecule has 0 unspecified atom stereocenters. The zero-order valence-electron chi connectivity index (χ0n) is 4.37. The van der Waals surface area contributed by atoms with Crippen molar-refractivity contribution >= 4 is 29.4 Å². The highest BCUT2D eigenvalue weighted by Gasteiger charge is 1.93. The summed E-state index contributed by atoms with van der Waals surface area (Å²) in [5, 5.41) is 10.3. The Morgan fingerprint density at radius 2 is 2.44 bits per heavy atom. The summed E-state index contributed by atoms with van der Waals surface area (Å²) in [4.78, 5) is 3.63. The topological polar surface area (TPSA) is 59.1 Å². The van der Waals surface area contributed by atoms with Gasteiger partial charge in [0.2, 0.25) is 0 Å². The van der Waals surface area contributed by atoms with E-state index in [2.05, 4.69) is 17.2 Å². The molecule has 1 aromatic rings. The van der Waals surface area contributed by atoms with Crippen molar-refractivity contribution in [3.8, 4) is 5.75 Å². The Hall–Kier alpha value is -0.680. The lowest BCUT2D eigenvalue weighted by molar-refractivity contribution is 0.477. The monoisotopic (exact) mass is 160 g/mol. The molecule has 0 saturated carbocycles. The lowest BCUT2D eigenvalue weighted by atomic mass is 10.6. The van der Waals surface area contributed by atoms with Gasteiger partial charge in [0.15, 0.2) is 15.5 Å². The minimum absolute atomic E-state index is 0.00593. The summed E-state index contributed by atoms with van der Waals surface area (Å²) in [6, 6.07) is 0. The highest BCUT2D eigenvalue weighted by molar-refractivity contribution is 7.73. The molecule has 0 amide bonds. The highest BCUT2D eigenvalue weighted by Crippen LogP contribution is 2.17. The number of rotatable bonds is 0. The minimum Gasteiger partial charge on any atom is -0.504 e. The second-order valence-corrected chi connectivity index (χ2v) is 2.89. The van der Waals surface area contributed by atoms with Gasteiger partial charge in [-0.15, -0.1) is 11.3 Å². The molecular formula is C4H4N2OS2. The van der Waals surface area contributed by atoms with E-state index in [1.165, 1.54) is 16.7 Å². The van der Waals surface area contributed by atoms with Crippen molar-refractivity contribution in [2.24, 2.45) is 0 Å². The van der Waals surface area contributed by atoms with Crippen LogP contribution in [0, 0.1) is 3.95 Å². The molecule has 0 aromatic carbocycles. The molecule has 3 nitrogen and oxygen atoms in total. The van der Waals surface area contributed by atoms with Crippen LogP contribution in [0.1, 0.15) is 0 Å². The fourth-order valence-corrected chi connectivity index (χ4v) is 1.08. The van der Waals surface area contributed by atoms with Crippen LogP contribution in [-0.2, 0) is 0 Å². The summed E-state index contributed by atoms with van der Waals surface area (Å²) in [5.41, 5.74) is 5.20. The second-order valence-electron chi connectivity index (χ2n) is 1.38. The van der Waals surface area contributed by atoms with Crippen molar-refractivity contribution in [3.63, 3.8) is 0 Å². The quantitative estimate of drug-likeness (QED) is 0.559. The smallest absolute Gasteiger partial charge is 0.182 e. The molecule has 1 aromatic heterocycles. The van der Waals surface area contributed by atoms with E-state index < -0.39 is 0 Å². The third-order valence-electron chi connectivity index (χ3n) is 0.746. The van der Waals surface area contributed by atoms with Crippen LogP contribution < -0.4 is 5.73 Å². The maximum absolute atomic E-state index is 8.82. The Morgan fingerprint density at radius 3 is 2.89 bits per heavy atom. The molecule has 9 heavy (non-hydrogen) atoms. The van der Waals surface area contributed by atoms with Crippen molar-refractivity contribution in [1.82, 2.24) is 4.98 Å². The molecule has 0 bridgehead atoms. The van der Waals surface area contributed by atoms with E-state index in [4.69, 9.17) is 10.8 Å². The molecule has 0 saturated heterocycles. The van der Waals surface area contributed by atoms with Crippen LogP contribution >= 0.6 is 23.6 Å². The molecule has 5 heteroatoms. The van der Waals surface area contributed by atoms with Crippen LogP contribution in [-0.4, -0.2) is 10.1 Å². The van der Waals surface area contributed by atoms with Crippen molar-refractivity contribution in [2.45, 2.75) is 0 Å². The molecule has 0 atom stereocenters. The Morgan fingerprint density at radius 1 is 1.78 bits per heavy atom. The van der Waals surface area contributed by atoms with E-state index in [0.717, 1.165) is 0 Å². The van der Waals surface area contributed by atoms with E-state index in [-0.39, 0.29) is 11.6 Å². The molecule has 0 aliphatic rings. The van der Waals surface area contributed by atoms with Crippen molar-refractivity contribution < 1.29 is 5.11 Å². The molecule has 0 aliphatic carbocycles. The molecule has 0 fully saturated rings. The largest absolute Gasteiger partial charge is 0.504 e. The SMILES string of the molecule is Nc1nc(=S)scc1O. The van der Waals surface area contributed by atoms with E-state index >= 15 is 0 Å². The van der Waals surface area contributed by atoms with Gasteiger partial charge in [-0.25, -0.2) is 4.98 Å². The van der Waals surface area contributed by atoms with E-state index in [9.17, 15) is 0 Å². The number of nitrogens with two attached hydrogens (primary N) is 1. The van der Waals surface area contributed by atoms with Gasteiger partial charge >= 0.3 is 0 Å². The number of hydrogen-bond acceptors (Lipinski definition) is 5. The van der Waals surface area contributed by atoms with Gasteiger partial charge in [-0.05, 0) is 12.2 Å². The Balaban J connectivity index is 3.34. The van der Waals surface area contributed by atoms with Gasteiger partial charge in [0.1, 0.15) is 0 Å². The van der Waals surface area contributed by atoms with Gasteiger partial charge in [-0.2, -0.15) is 0 Å². The molecule has 1 heterocycles. The average Bonchev–Trinajstić information content (AvgIpc) is 1.80. The number of aromatic nitrogens is 1. The zero-order chi connectivity index (χ0) is 6.85. The van der Waals surface area contributed by atoms with Crippen LogP contribution in [0.3, 0.4) is 0 Å². The number of nitrogens with zero attached hydrogens (tertiary/aromatic N) is 1. The Labute approximate surface area is 60.8 Å². The summed E-state index contributed by atoms with van der Waals surface area (Å²) in [7, 11) is 0. The lowest BCUT2D eigenvalue weighted by Crippen LogP contribution is -1.87. The third kappa shape index (κ3) is 1.36. The normalized spacial score (nSPS) is 9.33. The Kier molecular flexibility index (Phi) is 1.63. The minimum atomic E-state index is -0.00593. The van der Waals surface area contributed by atoms with Gasteiger partial charge in [-0.3, -0.25) is 0 Å². The maximum Gasteiger partial charge on any atom is 0.182 e. The predicted molar refractivity (Wildman–Crippen MR) is 39.0 cm³/mol. The van der Waals surface area contributed by atoms with Crippen molar-refractivity contribution in [3.05, 3.63) is 9.33 Å². The van der Waals surface area contributed by atoms with Crippen molar-refractivity contribution in [2.75, 3.05) is 5.73 Å². The fourth-order valence-electron chi connectivity index (χ4n) is 0.349. The first-order chi connectivity index (χ1) is 4.20. The molecule has 3 N–H and O–H groups in total. The molecule has 1 rings (SSSR count). The van der Waals surface area contributed by atoms with Gasteiger partial charge in [0.25, 0.3) is 0 Å². The summed E-state index contributed by atoms with van der Waals surface area (Å²) in [6.45, 7) is 0. The summed E-state index contributed by atoms with van der Waals surface area (Å²) < 4.78 is 0.435. The fraction of sp³-hybridized carbons (Fsp3) is 0. The highest BCUT2D eigenvalue weighted by atomic mass is 32.1. The Bertz CT molecular complexity index is 270. The standard InChI is InChI=1S/C4H4N2OS2/c5-3-2(7)1-9-4(8)6-3/h1,7H,(H2,5,6,8). The third-order valence-corrected chi connectivity index (χ3v) is 1.76. The first-order valence-electron chi connectivity index (χ1n) is 2.14. The first kappa shape index (κ1) is 6.44. The summed E-state index contributed by atoms with van der Waals surface area (Å²) in [6.07, 6.45) is 0. The van der Waals surface area contributed by atoms with Gasteiger partial charge in [-0.1, -0.05) is 0 Å². The van der Waals surface area contributed by atoms with E-state index in [0.29, 0.717) is 3.95 Å².